The van der Waals surface area contributed by atoms with Crippen LogP contribution in [0, 0.1) is 0 Å². The minimum atomic E-state index is -0.295. The van der Waals surface area contributed by atoms with Crippen LogP contribution in [-0.4, -0.2) is 33.5 Å². The Hall–Kier alpha value is -2.51. The normalized spacial score (nSPS) is 10.8. The van der Waals surface area contributed by atoms with E-state index in [9.17, 15) is 9.59 Å². The van der Waals surface area contributed by atoms with Crippen LogP contribution in [0.25, 0.3) is 22.0 Å². The highest BCUT2D eigenvalue weighted by atomic mass is 35.5. The molecule has 2 heterocycles. The summed E-state index contributed by atoms with van der Waals surface area (Å²) in [5, 5.41) is 13.7. The number of H-pyrrole nitrogens is 2. The van der Waals surface area contributed by atoms with Gasteiger partial charge in [0.15, 0.2) is 0 Å². The van der Waals surface area contributed by atoms with Crippen LogP contribution in [0.1, 0.15) is 12.6 Å². The lowest BCUT2D eigenvalue weighted by atomic mass is 10.1. The highest BCUT2D eigenvalue weighted by molar-refractivity contribution is 6.45. The van der Waals surface area contributed by atoms with Gasteiger partial charge in [0.05, 0.1) is 34.8 Å². The summed E-state index contributed by atoms with van der Waals surface area (Å²) in [7, 11) is 0. The van der Waals surface area contributed by atoms with Gasteiger partial charge in [-0.1, -0.05) is 29.3 Å². The average Bonchev–Trinajstić information content (AvgIpc) is 3.21. The molecular weight excluding hydrogens is 365 g/mol. The molecular formula is C16H15Cl2N5O2. The summed E-state index contributed by atoms with van der Waals surface area (Å²) in [6.45, 7) is 1.51. The Bertz CT molecular complexity index is 934. The number of benzene rings is 1. The first kappa shape index (κ1) is 17.3. The summed E-state index contributed by atoms with van der Waals surface area (Å²) in [6, 6.07) is 3.59. The van der Waals surface area contributed by atoms with E-state index in [2.05, 4.69) is 25.8 Å². The Kier molecular flexibility index (Phi) is 4.96. The minimum Gasteiger partial charge on any atom is -0.355 e. The second kappa shape index (κ2) is 7.16. The largest absolute Gasteiger partial charge is 0.355 e. The molecule has 2 aromatic heterocycles. The molecule has 0 bridgehead atoms. The molecule has 0 radical (unpaired) electrons. The van der Waals surface area contributed by atoms with Gasteiger partial charge in [0.2, 0.25) is 11.8 Å². The number of hydrogen-bond acceptors (Lipinski definition) is 3. The molecule has 0 aliphatic rings. The van der Waals surface area contributed by atoms with Gasteiger partial charge >= 0.3 is 0 Å². The van der Waals surface area contributed by atoms with Gasteiger partial charge in [0.25, 0.3) is 0 Å². The Morgan fingerprint density at radius 2 is 2.04 bits per heavy atom. The van der Waals surface area contributed by atoms with Crippen LogP contribution in [0.4, 0.5) is 0 Å². The van der Waals surface area contributed by atoms with Gasteiger partial charge in [-0.2, -0.15) is 5.10 Å². The summed E-state index contributed by atoms with van der Waals surface area (Å²) in [5.74, 6) is -0.558. The molecule has 130 valence electrons. The molecule has 0 fully saturated rings. The van der Waals surface area contributed by atoms with E-state index in [0.29, 0.717) is 15.6 Å². The average molecular weight is 380 g/mol. The SMILES string of the molecule is CC(=O)NCC(=O)NCc1[nH]c2c(Cl)c(Cl)ccc2c1-c1cn[nH]c1. The van der Waals surface area contributed by atoms with E-state index >= 15 is 0 Å². The second-order valence-corrected chi connectivity index (χ2v) is 6.22. The molecule has 0 saturated carbocycles. The maximum atomic E-state index is 11.8. The molecule has 4 N–H and O–H groups in total. The number of aromatic nitrogens is 3. The molecule has 7 nitrogen and oxygen atoms in total. The van der Waals surface area contributed by atoms with Crippen molar-refractivity contribution in [1.82, 2.24) is 25.8 Å². The standard InChI is InChI=1S/C16H15Cl2N5O2/c1-8(24)19-7-13(25)20-6-12-14(9-4-21-22-5-9)10-2-3-11(17)15(18)16(10)23-12/h2-5,23H,6-7H2,1H3,(H,19,24)(H,20,25)(H,21,22). The van der Waals surface area contributed by atoms with E-state index in [1.165, 1.54) is 6.92 Å². The minimum absolute atomic E-state index is 0.0802. The fraction of sp³-hybridized carbons (Fsp3) is 0.188. The Morgan fingerprint density at radius 1 is 1.24 bits per heavy atom. The van der Waals surface area contributed by atoms with Gasteiger partial charge in [-0.05, 0) is 6.07 Å². The van der Waals surface area contributed by atoms with Crippen LogP contribution in [-0.2, 0) is 16.1 Å². The molecule has 3 aromatic rings. The third-order valence-corrected chi connectivity index (χ3v) is 4.49. The summed E-state index contributed by atoms with van der Waals surface area (Å²) in [5.41, 5.74) is 3.19. The zero-order valence-electron chi connectivity index (χ0n) is 13.2. The third-order valence-electron chi connectivity index (χ3n) is 3.69. The van der Waals surface area contributed by atoms with Crippen LogP contribution in [0.3, 0.4) is 0 Å². The fourth-order valence-corrected chi connectivity index (χ4v) is 2.93. The number of aromatic amines is 2. The summed E-state index contributed by atoms with van der Waals surface area (Å²) >= 11 is 12.4. The van der Waals surface area contributed by atoms with Crippen LogP contribution in [0.2, 0.25) is 10.0 Å². The molecule has 0 spiro atoms. The Morgan fingerprint density at radius 3 is 2.72 bits per heavy atom. The van der Waals surface area contributed by atoms with Gasteiger partial charge in [-0.3, -0.25) is 14.7 Å². The zero-order valence-corrected chi connectivity index (χ0v) is 14.8. The van der Waals surface area contributed by atoms with Crippen molar-refractivity contribution in [2.24, 2.45) is 0 Å². The predicted molar refractivity (Wildman–Crippen MR) is 96.4 cm³/mol. The molecule has 0 atom stereocenters. The molecule has 9 heteroatoms. The number of halogens is 2. The molecule has 0 aliphatic carbocycles. The van der Waals surface area contributed by atoms with Crippen molar-refractivity contribution in [2.75, 3.05) is 6.54 Å². The van der Waals surface area contributed by atoms with Crippen molar-refractivity contribution in [1.29, 1.82) is 0 Å². The van der Waals surface area contributed by atoms with E-state index in [-0.39, 0.29) is 24.9 Å². The van der Waals surface area contributed by atoms with Gasteiger partial charge in [0, 0.05) is 35.3 Å². The molecule has 3 rings (SSSR count). The Labute approximate surface area is 153 Å². The monoisotopic (exact) mass is 379 g/mol. The number of carbonyl (C=O) groups is 2. The molecule has 2 amide bonds. The maximum absolute atomic E-state index is 11.8. The lowest BCUT2D eigenvalue weighted by Crippen LogP contribution is -2.35. The number of hydrogen-bond donors (Lipinski definition) is 4. The van der Waals surface area contributed by atoms with E-state index in [4.69, 9.17) is 23.2 Å². The first-order valence-corrected chi connectivity index (χ1v) is 8.21. The molecule has 1 aromatic carbocycles. The zero-order chi connectivity index (χ0) is 18.0. The van der Waals surface area contributed by atoms with E-state index in [1.54, 1.807) is 18.5 Å². The van der Waals surface area contributed by atoms with Crippen molar-refractivity contribution in [2.45, 2.75) is 13.5 Å². The van der Waals surface area contributed by atoms with Crippen LogP contribution in [0.15, 0.2) is 24.5 Å². The first-order valence-electron chi connectivity index (χ1n) is 7.46. The highest BCUT2D eigenvalue weighted by Crippen LogP contribution is 2.38. The number of fused-ring (bicyclic) bond motifs is 1. The fourth-order valence-electron chi connectivity index (χ4n) is 2.56. The van der Waals surface area contributed by atoms with Crippen LogP contribution >= 0.6 is 23.2 Å². The van der Waals surface area contributed by atoms with Gasteiger partial charge in [-0.25, -0.2) is 0 Å². The second-order valence-electron chi connectivity index (χ2n) is 5.44. The third kappa shape index (κ3) is 3.62. The summed E-state index contributed by atoms with van der Waals surface area (Å²) in [6.07, 6.45) is 3.45. The molecule has 0 aliphatic heterocycles. The smallest absolute Gasteiger partial charge is 0.239 e. The number of rotatable bonds is 5. The molecule has 0 unspecified atom stereocenters. The quantitative estimate of drug-likeness (QED) is 0.547. The lowest BCUT2D eigenvalue weighted by Gasteiger charge is -2.06. The number of amides is 2. The van der Waals surface area contributed by atoms with E-state index in [0.717, 1.165) is 22.2 Å². The van der Waals surface area contributed by atoms with Crippen LogP contribution in [0.5, 0.6) is 0 Å². The predicted octanol–water partition coefficient (Wildman–Crippen LogP) is 2.62. The first-order chi connectivity index (χ1) is 12.0. The van der Waals surface area contributed by atoms with Crippen molar-refractivity contribution in [3.8, 4) is 11.1 Å². The molecule has 25 heavy (non-hydrogen) atoms. The van der Waals surface area contributed by atoms with Crippen molar-refractivity contribution in [3.05, 3.63) is 40.3 Å². The van der Waals surface area contributed by atoms with Crippen molar-refractivity contribution >= 4 is 45.9 Å². The molecule has 0 saturated heterocycles. The number of nitrogens with one attached hydrogen (secondary N) is 4. The number of carbonyl (C=O) groups excluding carboxylic acids is 2. The highest BCUT2D eigenvalue weighted by Gasteiger charge is 2.18. The van der Waals surface area contributed by atoms with Gasteiger partial charge < -0.3 is 15.6 Å². The van der Waals surface area contributed by atoms with Crippen molar-refractivity contribution < 1.29 is 9.59 Å². The van der Waals surface area contributed by atoms with Crippen molar-refractivity contribution in [3.63, 3.8) is 0 Å². The topological polar surface area (TPSA) is 103 Å². The van der Waals surface area contributed by atoms with Gasteiger partial charge in [-0.15, -0.1) is 0 Å². The van der Waals surface area contributed by atoms with E-state index < -0.39 is 0 Å². The van der Waals surface area contributed by atoms with E-state index in [1.807, 2.05) is 6.07 Å². The van der Waals surface area contributed by atoms with Gasteiger partial charge in [0.1, 0.15) is 0 Å². The summed E-state index contributed by atoms with van der Waals surface area (Å²) < 4.78 is 0. The van der Waals surface area contributed by atoms with Crippen LogP contribution < -0.4 is 10.6 Å². The lowest BCUT2D eigenvalue weighted by molar-refractivity contribution is -0.125. The number of nitrogens with zero attached hydrogens (tertiary/aromatic N) is 1. The maximum Gasteiger partial charge on any atom is 0.239 e. The summed E-state index contributed by atoms with van der Waals surface area (Å²) in [4.78, 5) is 26.0. The Balaban J connectivity index is 1.94.